The maximum atomic E-state index is 11.0. The molecule has 3 N–H and O–H groups in total. The molecule has 106 valence electrons. The van der Waals surface area contributed by atoms with Crippen LogP contribution in [0.1, 0.15) is 19.3 Å². The minimum atomic E-state index is -0.389. The number of esters is 1. The van der Waals surface area contributed by atoms with E-state index in [0.29, 0.717) is 5.75 Å². The molecule has 0 amide bonds. The van der Waals surface area contributed by atoms with Crippen LogP contribution in [0.5, 0.6) is 5.75 Å². The number of methoxy groups -OCH3 is 1. The molecule has 5 nitrogen and oxygen atoms in total. The molecule has 0 saturated heterocycles. The first kappa shape index (κ1) is 15.3. The minimum Gasteiger partial charge on any atom is -0.482 e. The van der Waals surface area contributed by atoms with Crippen LogP contribution in [-0.2, 0) is 9.53 Å². The molecule has 0 aliphatic heterocycles. The van der Waals surface area contributed by atoms with Gasteiger partial charge in [-0.3, -0.25) is 0 Å². The van der Waals surface area contributed by atoms with E-state index in [4.69, 9.17) is 10.5 Å². The normalized spacial score (nSPS) is 10.0. The summed E-state index contributed by atoms with van der Waals surface area (Å²) in [6, 6.07) is 7.52. The van der Waals surface area contributed by atoms with Crippen LogP contribution in [0.25, 0.3) is 0 Å². The Kier molecular flexibility index (Phi) is 7.43. The van der Waals surface area contributed by atoms with Gasteiger partial charge in [0.2, 0.25) is 0 Å². The lowest BCUT2D eigenvalue weighted by Gasteiger charge is -2.09. The van der Waals surface area contributed by atoms with E-state index < -0.39 is 0 Å². The van der Waals surface area contributed by atoms with E-state index in [2.05, 4.69) is 10.1 Å². The highest BCUT2D eigenvalue weighted by Crippen LogP contribution is 2.17. The van der Waals surface area contributed by atoms with Crippen LogP contribution in [0.3, 0.4) is 0 Å². The smallest absolute Gasteiger partial charge is 0.343 e. The van der Waals surface area contributed by atoms with Gasteiger partial charge in [-0.15, -0.1) is 0 Å². The predicted octanol–water partition coefficient (Wildman–Crippen LogP) is 1.78. The first-order chi connectivity index (χ1) is 9.26. The van der Waals surface area contributed by atoms with E-state index in [1.807, 2.05) is 24.3 Å². The number of ether oxygens (including phenoxy) is 2. The molecule has 1 rings (SSSR count). The second kappa shape index (κ2) is 9.22. The Bertz CT molecular complexity index is 383. The topological polar surface area (TPSA) is 73.6 Å². The fourth-order valence-corrected chi connectivity index (χ4v) is 1.58. The maximum absolute atomic E-state index is 11.0. The molecule has 0 atom stereocenters. The molecule has 0 aliphatic rings. The Balaban J connectivity index is 2.33. The molecule has 0 aromatic heterocycles. The molecular weight excluding hydrogens is 244 g/mol. The molecular formula is C14H22N2O3. The van der Waals surface area contributed by atoms with Gasteiger partial charge in [0.1, 0.15) is 5.75 Å². The van der Waals surface area contributed by atoms with Crippen LogP contribution in [0.15, 0.2) is 24.3 Å². The Morgan fingerprint density at radius 3 is 2.89 bits per heavy atom. The summed E-state index contributed by atoms with van der Waals surface area (Å²) >= 11 is 0. The number of hydrogen-bond acceptors (Lipinski definition) is 5. The van der Waals surface area contributed by atoms with Crippen molar-refractivity contribution in [2.75, 3.05) is 32.1 Å². The van der Waals surface area contributed by atoms with E-state index >= 15 is 0 Å². The Morgan fingerprint density at radius 2 is 2.16 bits per heavy atom. The van der Waals surface area contributed by atoms with Crippen LogP contribution in [0, 0.1) is 0 Å². The number of hydrogen-bond donors (Lipinski definition) is 2. The van der Waals surface area contributed by atoms with E-state index in [1.165, 1.54) is 7.11 Å². The van der Waals surface area contributed by atoms with Gasteiger partial charge in [0, 0.05) is 18.3 Å². The molecule has 0 aliphatic carbocycles. The summed E-state index contributed by atoms with van der Waals surface area (Å²) in [4.78, 5) is 11.0. The first-order valence-corrected chi connectivity index (χ1v) is 6.50. The zero-order valence-electron chi connectivity index (χ0n) is 11.4. The second-order valence-corrected chi connectivity index (χ2v) is 4.17. The number of unbranched alkanes of at least 4 members (excludes halogenated alkanes) is 2. The Labute approximate surface area is 114 Å². The Hall–Kier alpha value is -1.75. The van der Waals surface area contributed by atoms with Crippen LogP contribution in [0.2, 0.25) is 0 Å². The van der Waals surface area contributed by atoms with E-state index in [9.17, 15) is 4.79 Å². The second-order valence-electron chi connectivity index (χ2n) is 4.17. The summed E-state index contributed by atoms with van der Waals surface area (Å²) in [5.41, 5.74) is 6.42. The van der Waals surface area contributed by atoms with Gasteiger partial charge in [-0.25, -0.2) is 4.79 Å². The van der Waals surface area contributed by atoms with Gasteiger partial charge in [0.15, 0.2) is 6.61 Å². The van der Waals surface area contributed by atoms with Crippen molar-refractivity contribution in [3.8, 4) is 5.75 Å². The van der Waals surface area contributed by atoms with Crippen LogP contribution >= 0.6 is 0 Å². The number of carbonyl (C=O) groups excluding carboxylic acids is 1. The number of nitrogens with two attached hydrogens (primary N) is 1. The highest BCUT2D eigenvalue weighted by molar-refractivity contribution is 5.70. The number of rotatable bonds is 9. The van der Waals surface area contributed by atoms with Crippen molar-refractivity contribution in [3.05, 3.63) is 24.3 Å². The summed E-state index contributed by atoms with van der Waals surface area (Å²) in [6.45, 7) is 1.58. The largest absolute Gasteiger partial charge is 0.482 e. The van der Waals surface area contributed by atoms with Gasteiger partial charge in [-0.05, 0) is 31.5 Å². The summed E-state index contributed by atoms with van der Waals surface area (Å²) in [6.07, 6.45) is 3.27. The average Bonchev–Trinajstić information content (AvgIpc) is 2.45. The lowest BCUT2D eigenvalue weighted by Crippen LogP contribution is -2.12. The Morgan fingerprint density at radius 1 is 1.32 bits per heavy atom. The predicted molar refractivity (Wildman–Crippen MR) is 75.3 cm³/mol. The highest BCUT2D eigenvalue weighted by Gasteiger charge is 2.02. The number of nitrogens with one attached hydrogen (secondary N) is 1. The molecule has 0 bridgehead atoms. The van der Waals surface area contributed by atoms with Crippen LogP contribution in [-0.4, -0.2) is 32.8 Å². The van der Waals surface area contributed by atoms with E-state index in [1.54, 1.807) is 0 Å². The SMILES string of the molecule is COC(=O)COc1cccc(NCCCCCN)c1. The molecule has 5 heteroatoms. The molecule has 1 aromatic rings. The van der Waals surface area contributed by atoms with Crippen molar-refractivity contribution in [1.82, 2.24) is 0 Å². The minimum absolute atomic E-state index is 0.0730. The molecule has 0 unspecified atom stereocenters. The zero-order chi connectivity index (χ0) is 13.9. The molecule has 19 heavy (non-hydrogen) atoms. The fraction of sp³-hybridized carbons (Fsp3) is 0.500. The van der Waals surface area contributed by atoms with Crippen molar-refractivity contribution in [2.24, 2.45) is 5.73 Å². The average molecular weight is 266 g/mol. The monoisotopic (exact) mass is 266 g/mol. The van der Waals surface area contributed by atoms with E-state index in [-0.39, 0.29) is 12.6 Å². The summed E-state index contributed by atoms with van der Waals surface area (Å²) in [5, 5.41) is 3.31. The van der Waals surface area contributed by atoms with E-state index in [0.717, 1.165) is 38.0 Å². The lowest BCUT2D eigenvalue weighted by atomic mass is 10.2. The van der Waals surface area contributed by atoms with Crippen molar-refractivity contribution in [1.29, 1.82) is 0 Å². The molecule has 0 saturated carbocycles. The number of carbonyl (C=O) groups is 1. The lowest BCUT2D eigenvalue weighted by molar-refractivity contribution is -0.142. The van der Waals surface area contributed by atoms with Crippen LogP contribution < -0.4 is 15.8 Å². The summed E-state index contributed by atoms with van der Waals surface area (Å²) in [5.74, 6) is 0.262. The molecule has 0 fully saturated rings. The third-order valence-corrected chi connectivity index (χ3v) is 2.63. The van der Waals surface area contributed by atoms with Gasteiger partial charge >= 0.3 is 5.97 Å². The van der Waals surface area contributed by atoms with Crippen molar-refractivity contribution >= 4 is 11.7 Å². The third kappa shape index (κ3) is 6.67. The first-order valence-electron chi connectivity index (χ1n) is 6.50. The van der Waals surface area contributed by atoms with Gasteiger partial charge in [0.05, 0.1) is 7.11 Å². The van der Waals surface area contributed by atoms with Gasteiger partial charge < -0.3 is 20.5 Å². The molecule has 0 spiro atoms. The summed E-state index contributed by atoms with van der Waals surface area (Å²) in [7, 11) is 1.34. The molecule has 1 aromatic carbocycles. The van der Waals surface area contributed by atoms with Crippen LogP contribution in [0.4, 0.5) is 5.69 Å². The zero-order valence-corrected chi connectivity index (χ0v) is 11.4. The molecule has 0 radical (unpaired) electrons. The van der Waals surface area contributed by atoms with Gasteiger partial charge in [-0.2, -0.15) is 0 Å². The molecule has 0 heterocycles. The van der Waals surface area contributed by atoms with Crippen molar-refractivity contribution < 1.29 is 14.3 Å². The summed E-state index contributed by atoms with van der Waals surface area (Å²) < 4.78 is 9.83. The van der Waals surface area contributed by atoms with Crippen molar-refractivity contribution in [2.45, 2.75) is 19.3 Å². The van der Waals surface area contributed by atoms with Crippen molar-refractivity contribution in [3.63, 3.8) is 0 Å². The fourth-order valence-electron chi connectivity index (χ4n) is 1.58. The maximum Gasteiger partial charge on any atom is 0.343 e. The highest BCUT2D eigenvalue weighted by atomic mass is 16.6. The quantitative estimate of drug-likeness (QED) is 0.526. The van der Waals surface area contributed by atoms with Gasteiger partial charge in [-0.1, -0.05) is 12.5 Å². The van der Waals surface area contributed by atoms with Gasteiger partial charge in [0.25, 0.3) is 0 Å². The number of benzene rings is 1. The number of anilines is 1. The third-order valence-electron chi connectivity index (χ3n) is 2.63. The standard InChI is InChI=1S/C14H22N2O3/c1-18-14(17)11-19-13-7-5-6-12(10-13)16-9-4-2-3-8-15/h5-7,10,16H,2-4,8-9,11,15H2,1H3.